The van der Waals surface area contributed by atoms with Gasteiger partial charge in [-0.25, -0.2) is 9.38 Å². The molecule has 0 radical (unpaired) electrons. The Kier molecular flexibility index (Phi) is 3.22. The Morgan fingerprint density at radius 3 is 2.21 bits per heavy atom. The van der Waals surface area contributed by atoms with Gasteiger partial charge in [-0.3, -0.25) is 4.79 Å². The molecule has 2 heterocycles. The molecular formula is C19H12N4O. The van der Waals surface area contributed by atoms with Crippen LogP contribution in [0.25, 0.3) is 28.3 Å². The first-order valence-electron chi connectivity index (χ1n) is 7.44. The van der Waals surface area contributed by atoms with Crippen LogP contribution in [-0.2, 0) is 0 Å². The predicted octanol–water partition coefficient (Wildman–Crippen LogP) is 3.23. The third-order valence-electron chi connectivity index (χ3n) is 3.91. The first-order chi connectivity index (χ1) is 11.8. The molecule has 2 aromatic carbocycles. The molecule has 114 valence electrons. The van der Waals surface area contributed by atoms with Gasteiger partial charge in [-0.05, 0) is 5.56 Å². The van der Waals surface area contributed by atoms with Crippen LogP contribution in [0.15, 0.2) is 71.7 Å². The van der Waals surface area contributed by atoms with Crippen LogP contribution in [0.5, 0.6) is 0 Å². The molecule has 0 saturated carbocycles. The minimum Gasteiger partial charge on any atom is -0.323 e. The molecule has 0 amide bonds. The highest BCUT2D eigenvalue weighted by Crippen LogP contribution is 2.23. The maximum atomic E-state index is 12.9. The number of hydrogen-bond acceptors (Lipinski definition) is 3. The SMILES string of the molecule is N#Cc1c(-c2ccccc2)[nH]c2ncc(-c3ccccc3)n2c1=O. The Labute approximate surface area is 137 Å². The maximum Gasteiger partial charge on any atom is 0.278 e. The van der Waals surface area contributed by atoms with Crippen molar-refractivity contribution in [2.75, 3.05) is 0 Å². The number of nitriles is 1. The summed E-state index contributed by atoms with van der Waals surface area (Å²) >= 11 is 0. The smallest absolute Gasteiger partial charge is 0.278 e. The second-order valence-electron chi connectivity index (χ2n) is 5.33. The van der Waals surface area contributed by atoms with Crippen molar-refractivity contribution in [2.45, 2.75) is 0 Å². The Balaban J connectivity index is 2.05. The molecule has 2 aromatic heterocycles. The van der Waals surface area contributed by atoms with Gasteiger partial charge in [0.15, 0.2) is 0 Å². The summed E-state index contributed by atoms with van der Waals surface area (Å²) in [5.41, 5.74) is 2.49. The van der Waals surface area contributed by atoms with Crippen molar-refractivity contribution >= 4 is 5.78 Å². The summed E-state index contributed by atoms with van der Waals surface area (Å²) < 4.78 is 1.44. The van der Waals surface area contributed by atoms with Crippen LogP contribution in [-0.4, -0.2) is 14.4 Å². The van der Waals surface area contributed by atoms with E-state index in [1.807, 2.05) is 66.7 Å². The molecule has 5 nitrogen and oxygen atoms in total. The van der Waals surface area contributed by atoms with Gasteiger partial charge >= 0.3 is 0 Å². The summed E-state index contributed by atoms with van der Waals surface area (Å²) in [5.74, 6) is 0.414. The van der Waals surface area contributed by atoms with E-state index >= 15 is 0 Å². The molecule has 0 atom stereocenters. The number of nitrogens with zero attached hydrogens (tertiary/aromatic N) is 3. The largest absolute Gasteiger partial charge is 0.323 e. The lowest BCUT2D eigenvalue weighted by Gasteiger charge is -2.07. The summed E-state index contributed by atoms with van der Waals surface area (Å²) in [6.45, 7) is 0. The Morgan fingerprint density at radius 1 is 0.958 bits per heavy atom. The van der Waals surface area contributed by atoms with E-state index in [-0.39, 0.29) is 11.1 Å². The molecule has 24 heavy (non-hydrogen) atoms. The molecule has 0 bridgehead atoms. The van der Waals surface area contributed by atoms with E-state index in [9.17, 15) is 10.1 Å². The highest BCUT2D eigenvalue weighted by atomic mass is 16.1. The number of benzene rings is 2. The molecule has 1 N–H and O–H groups in total. The van der Waals surface area contributed by atoms with Crippen LogP contribution in [0.4, 0.5) is 0 Å². The Hall–Kier alpha value is -3.65. The van der Waals surface area contributed by atoms with Crippen molar-refractivity contribution in [3.05, 3.63) is 82.8 Å². The second-order valence-corrected chi connectivity index (χ2v) is 5.33. The maximum absolute atomic E-state index is 12.9. The highest BCUT2D eigenvalue weighted by Gasteiger charge is 2.17. The lowest BCUT2D eigenvalue weighted by atomic mass is 10.1. The first kappa shape index (κ1) is 14.0. The molecule has 0 aliphatic rings. The van der Waals surface area contributed by atoms with Crippen molar-refractivity contribution in [2.24, 2.45) is 0 Å². The van der Waals surface area contributed by atoms with Gasteiger partial charge in [-0.2, -0.15) is 5.26 Å². The third-order valence-corrected chi connectivity index (χ3v) is 3.91. The van der Waals surface area contributed by atoms with Gasteiger partial charge in [0.05, 0.1) is 17.6 Å². The third kappa shape index (κ3) is 2.09. The number of hydrogen-bond donors (Lipinski definition) is 1. The van der Waals surface area contributed by atoms with E-state index < -0.39 is 0 Å². The molecule has 0 saturated heterocycles. The Morgan fingerprint density at radius 2 is 1.58 bits per heavy atom. The van der Waals surface area contributed by atoms with Crippen molar-refractivity contribution in [1.82, 2.24) is 14.4 Å². The molecule has 0 unspecified atom stereocenters. The van der Waals surface area contributed by atoms with Gasteiger partial charge < -0.3 is 4.98 Å². The van der Waals surface area contributed by atoms with Crippen LogP contribution < -0.4 is 5.56 Å². The van der Waals surface area contributed by atoms with Gasteiger partial charge in [0.1, 0.15) is 11.6 Å². The minimum absolute atomic E-state index is 0.0730. The monoisotopic (exact) mass is 312 g/mol. The number of rotatable bonds is 2. The Bertz CT molecular complexity index is 1120. The summed E-state index contributed by atoms with van der Waals surface area (Å²) in [6, 6.07) is 20.8. The summed E-state index contributed by atoms with van der Waals surface area (Å²) in [6.07, 6.45) is 1.64. The molecule has 0 aliphatic heterocycles. The van der Waals surface area contributed by atoms with Crippen LogP contribution in [0, 0.1) is 11.3 Å². The van der Waals surface area contributed by atoms with E-state index in [1.165, 1.54) is 4.40 Å². The zero-order valence-corrected chi connectivity index (χ0v) is 12.6. The fraction of sp³-hybridized carbons (Fsp3) is 0. The number of aromatic amines is 1. The summed E-state index contributed by atoms with van der Waals surface area (Å²) in [5, 5.41) is 9.52. The van der Waals surface area contributed by atoms with Crippen molar-refractivity contribution in [1.29, 1.82) is 5.26 Å². The van der Waals surface area contributed by atoms with Crippen molar-refractivity contribution in [3.8, 4) is 28.6 Å². The van der Waals surface area contributed by atoms with Gasteiger partial charge in [0.2, 0.25) is 5.78 Å². The normalized spacial score (nSPS) is 10.6. The molecule has 4 rings (SSSR count). The molecule has 4 aromatic rings. The summed E-state index contributed by atoms with van der Waals surface area (Å²) in [7, 11) is 0. The van der Waals surface area contributed by atoms with E-state index in [0.717, 1.165) is 11.1 Å². The molecule has 0 fully saturated rings. The van der Waals surface area contributed by atoms with E-state index in [1.54, 1.807) is 6.20 Å². The van der Waals surface area contributed by atoms with E-state index in [0.29, 0.717) is 17.2 Å². The number of fused-ring (bicyclic) bond motifs is 1. The lowest BCUT2D eigenvalue weighted by Crippen LogP contribution is -2.19. The zero-order valence-electron chi connectivity index (χ0n) is 12.6. The van der Waals surface area contributed by atoms with Crippen molar-refractivity contribution in [3.63, 3.8) is 0 Å². The van der Waals surface area contributed by atoms with Crippen LogP contribution in [0.3, 0.4) is 0 Å². The molecule has 0 spiro atoms. The second kappa shape index (κ2) is 5.52. The first-order valence-corrected chi connectivity index (χ1v) is 7.44. The van der Waals surface area contributed by atoms with Crippen LogP contribution in [0.2, 0.25) is 0 Å². The van der Waals surface area contributed by atoms with Crippen molar-refractivity contribution < 1.29 is 0 Å². The topological polar surface area (TPSA) is 73.9 Å². The van der Waals surface area contributed by atoms with Crippen LogP contribution >= 0.6 is 0 Å². The number of nitrogens with one attached hydrogen (secondary N) is 1. The quantitative estimate of drug-likeness (QED) is 0.617. The number of H-pyrrole nitrogens is 1. The standard InChI is InChI=1S/C19H12N4O/c20-11-15-17(14-9-5-2-6-10-14)22-19-21-12-16(23(19)18(15)24)13-7-3-1-4-8-13/h1-10,12H,(H,21,22). The average molecular weight is 312 g/mol. The summed E-state index contributed by atoms with van der Waals surface area (Å²) in [4.78, 5) is 20.3. The molecular weight excluding hydrogens is 300 g/mol. The molecule has 0 aliphatic carbocycles. The minimum atomic E-state index is -0.374. The lowest BCUT2D eigenvalue weighted by molar-refractivity contribution is 1.05. The zero-order chi connectivity index (χ0) is 16.5. The van der Waals surface area contributed by atoms with Crippen LogP contribution in [0.1, 0.15) is 5.56 Å². The van der Waals surface area contributed by atoms with E-state index in [4.69, 9.17) is 0 Å². The fourth-order valence-corrected chi connectivity index (χ4v) is 2.78. The average Bonchev–Trinajstić information content (AvgIpc) is 3.07. The predicted molar refractivity (Wildman–Crippen MR) is 91.4 cm³/mol. The fourth-order valence-electron chi connectivity index (χ4n) is 2.78. The van der Waals surface area contributed by atoms with E-state index in [2.05, 4.69) is 9.97 Å². The molecule has 5 heteroatoms. The van der Waals surface area contributed by atoms with Gasteiger partial charge in [0.25, 0.3) is 5.56 Å². The number of aromatic nitrogens is 3. The van der Waals surface area contributed by atoms with Gasteiger partial charge in [-0.1, -0.05) is 60.7 Å². The number of imidazole rings is 1. The van der Waals surface area contributed by atoms with Gasteiger partial charge in [0, 0.05) is 5.56 Å². The highest BCUT2D eigenvalue weighted by molar-refractivity contribution is 5.70. The van der Waals surface area contributed by atoms with Gasteiger partial charge in [-0.15, -0.1) is 0 Å².